The van der Waals surface area contributed by atoms with Crippen LogP contribution in [0, 0.1) is 0 Å². The number of nitrogens with zero attached hydrogens (tertiary/aromatic N) is 2. The molecule has 4 amide bonds. The number of carbonyl (C=O) groups excluding carboxylic acids is 4. The van der Waals surface area contributed by atoms with E-state index in [1.54, 1.807) is 32.3 Å². The van der Waals surface area contributed by atoms with Crippen molar-refractivity contribution in [1.29, 1.82) is 0 Å². The molecular weight excluding hydrogens is 476 g/mol. The number of amides is 4. The summed E-state index contributed by atoms with van der Waals surface area (Å²) in [6.45, 7) is -0.185. The van der Waals surface area contributed by atoms with Gasteiger partial charge in [-0.3, -0.25) is 19.2 Å². The molecular formula is C24H25ClN4O4S. The number of carbonyl (C=O) groups is 4. The Kier molecular flexibility index (Phi) is 7.13. The number of thioether (sulfide) groups is 1. The van der Waals surface area contributed by atoms with E-state index in [2.05, 4.69) is 10.6 Å². The Balaban J connectivity index is 1.77. The van der Waals surface area contributed by atoms with Gasteiger partial charge in [-0.25, -0.2) is 0 Å². The Labute approximate surface area is 207 Å². The van der Waals surface area contributed by atoms with Gasteiger partial charge < -0.3 is 20.4 Å². The second-order valence-electron chi connectivity index (χ2n) is 8.42. The number of hydrogen-bond acceptors (Lipinski definition) is 5. The number of rotatable bonds is 5. The number of halogens is 1. The van der Waals surface area contributed by atoms with Gasteiger partial charge in [0.05, 0.1) is 10.9 Å². The van der Waals surface area contributed by atoms with Crippen molar-refractivity contribution in [2.24, 2.45) is 0 Å². The normalized spacial score (nSPS) is 22.0. The molecule has 10 heteroatoms. The first-order valence-corrected chi connectivity index (χ1v) is 12.1. The summed E-state index contributed by atoms with van der Waals surface area (Å²) in [7, 11) is 3.24. The molecule has 0 aliphatic carbocycles. The van der Waals surface area contributed by atoms with Gasteiger partial charge in [0, 0.05) is 30.4 Å². The van der Waals surface area contributed by atoms with Crippen molar-refractivity contribution in [2.45, 2.75) is 35.1 Å². The third-order valence-corrected chi connectivity index (χ3v) is 7.45. The van der Waals surface area contributed by atoms with Crippen molar-refractivity contribution in [2.75, 3.05) is 25.5 Å². The lowest BCUT2D eigenvalue weighted by molar-refractivity contribution is -0.131. The van der Waals surface area contributed by atoms with E-state index in [0.29, 0.717) is 17.1 Å². The molecule has 0 bridgehead atoms. The quantitative estimate of drug-likeness (QED) is 0.656. The van der Waals surface area contributed by atoms with Crippen LogP contribution in [0.3, 0.4) is 0 Å². The maximum Gasteiger partial charge on any atom is 0.251 e. The Morgan fingerprint density at radius 2 is 1.91 bits per heavy atom. The van der Waals surface area contributed by atoms with E-state index >= 15 is 0 Å². The summed E-state index contributed by atoms with van der Waals surface area (Å²) in [5.74, 6) is -1.28. The van der Waals surface area contributed by atoms with Crippen LogP contribution in [-0.4, -0.2) is 61.3 Å². The number of nitrogens with one attached hydrogen (secondary N) is 2. The van der Waals surface area contributed by atoms with Crippen LogP contribution in [0.5, 0.6) is 0 Å². The molecule has 0 aromatic heterocycles. The van der Waals surface area contributed by atoms with Crippen molar-refractivity contribution in [3.63, 3.8) is 0 Å². The Bertz CT molecular complexity index is 1130. The second kappa shape index (κ2) is 10.1. The fourth-order valence-electron chi connectivity index (χ4n) is 3.97. The third kappa shape index (κ3) is 5.05. The molecule has 2 aromatic rings. The van der Waals surface area contributed by atoms with Crippen molar-refractivity contribution in [3.8, 4) is 0 Å². The molecule has 8 nitrogen and oxygen atoms in total. The van der Waals surface area contributed by atoms with Crippen LogP contribution in [0.15, 0.2) is 53.4 Å². The van der Waals surface area contributed by atoms with E-state index < -0.39 is 29.1 Å². The molecule has 2 aliphatic rings. The summed E-state index contributed by atoms with van der Waals surface area (Å²) < 4.78 is 0. The summed E-state index contributed by atoms with van der Waals surface area (Å²) >= 11 is 7.69. The lowest BCUT2D eigenvalue weighted by atomic mass is 10.0. The van der Waals surface area contributed by atoms with Crippen LogP contribution < -0.4 is 15.5 Å². The summed E-state index contributed by atoms with van der Waals surface area (Å²) in [4.78, 5) is 54.8. The smallest absolute Gasteiger partial charge is 0.251 e. The van der Waals surface area contributed by atoms with Crippen LogP contribution in [0.25, 0.3) is 0 Å². The molecule has 0 unspecified atom stereocenters. The number of likely N-dealkylation sites (N-methyl/N-ethyl adjacent to an activating group) is 1. The van der Waals surface area contributed by atoms with Gasteiger partial charge in [0.15, 0.2) is 0 Å². The topological polar surface area (TPSA) is 98.8 Å². The molecule has 1 saturated heterocycles. The minimum Gasteiger partial charge on any atom is -0.347 e. The van der Waals surface area contributed by atoms with Gasteiger partial charge in [-0.05, 0) is 30.2 Å². The number of anilines is 1. The van der Waals surface area contributed by atoms with Crippen LogP contribution in [0.2, 0.25) is 5.02 Å². The van der Waals surface area contributed by atoms with Crippen molar-refractivity contribution >= 4 is 52.7 Å². The van der Waals surface area contributed by atoms with Crippen LogP contribution in [-0.2, 0) is 19.2 Å². The molecule has 2 heterocycles. The van der Waals surface area contributed by atoms with E-state index in [1.807, 2.05) is 30.3 Å². The van der Waals surface area contributed by atoms with Crippen LogP contribution in [0.1, 0.15) is 23.7 Å². The van der Waals surface area contributed by atoms with Crippen LogP contribution in [0.4, 0.5) is 5.69 Å². The van der Waals surface area contributed by atoms with Crippen molar-refractivity contribution in [3.05, 3.63) is 59.1 Å². The average molecular weight is 501 g/mol. The summed E-state index contributed by atoms with van der Waals surface area (Å²) in [6.07, 6.45) is 0.633. The zero-order chi connectivity index (χ0) is 24.4. The molecule has 0 saturated carbocycles. The predicted octanol–water partition coefficient (Wildman–Crippen LogP) is 2.37. The fourth-order valence-corrected chi connectivity index (χ4v) is 5.59. The van der Waals surface area contributed by atoms with Gasteiger partial charge in [-0.1, -0.05) is 41.9 Å². The number of benzene rings is 2. The SMILES string of the molecule is CN(C)C(=O)CN1C(=O)[C@@H](NC(=O)[C@@H]2CCC(=O)N2)[C@@H](c2ccccc2)Sc2cc(Cl)ccc21. The standard InChI is InChI=1S/C24H25ClN4O4S/c1-28(2)20(31)13-29-17-10-8-15(25)12-18(17)34-22(14-6-4-3-5-7-14)21(24(29)33)27-23(32)16-9-11-19(30)26-16/h3-8,10,12,16,21-22H,9,11,13H2,1-2H3,(H,26,30)(H,27,32)/t16-,21-,22+/m0/s1. The average Bonchev–Trinajstić information content (AvgIpc) is 3.22. The second-order valence-corrected chi connectivity index (χ2v) is 10.0. The molecule has 1 fully saturated rings. The monoisotopic (exact) mass is 500 g/mol. The van der Waals surface area contributed by atoms with Crippen LogP contribution >= 0.6 is 23.4 Å². The van der Waals surface area contributed by atoms with Gasteiger partial charge in [-0.2, -0.15) is 0 Å². The molecule has 2 aromatic carbocycles. The van der Waals surface area contributed by atoms with E-state index in [0.717, 1.165) is 10.5 Å². The maximum atomic E-state index is 14.0. The third-order valence-electron chi connectivity index (χ3n) is 5.83. The van der Waals surface area contributed by atoms with Gasteiger partial charge >= 0.3 is 0 Å². The highest BCUT2D eigenvalue weighted by Gasteiger charge is 2.41. The molecule has 2 N–H and O–H groups in total. The van der Waals surface area contributed by atoms with Crippen molar-refractivity contribution in [1.82, 2.24) is 15.5 Å². The molecule has 0 spiro atoms. The van der Waals surface area contributed by atoms with Gasteiger partial charge in [-0.15, -0.1) is 11.8 Å². The number of hydrogen-bond donors (Lipinski definition) is 2. The molecule has 0 radical (unpaired) electrons. The minimum atomic E-state index is -0.974. The number of fused-ring (bicyclic) bond motifs is 1. The Morgan fingerprint density at radius 3 is 2.56 bits per heavy atom. The molecule has 2 aliphatic heterocycles. The van der Waals surface area contributed by atoms with Gasteiger partial charge in [0.1, 0.15) is 18.6 Å². The first kappa shape index (κ1) is 24.1. The summed E-state index contributed by atoms with van der Waals surface area (Å²) in [5.41, 5.74) is 1.40. The van der Waals surface area contributed by atoms with Gasteiger partial charge in [0.2, 0.25) is 17.7 Å². The highest BCUT2D eigenvalue weighted by atomic mass is 35.5. The molecule has 3 atom stereocenters. The van der Waals surface area contributed by atoms with E-state index in [9.17, 15) is 19.2 Å². The first-order chi connectivity index (χ1) is 16.2. The lowest BCUT2D eigenvalue weighted by Crippen LogP contribution is -2.55. The van der Waals surface area contributed by atoms with Crippen molar-refractivity contribution < 1.29 is 19.2 Å². The molecule has 4 rings (SSSR count). The zero-order valence-electron chi connectivity index (χ0n) is 18.8. The zero-order valence-corrected chi connectivity index (χ0v) is 20.4. The fraction of sp³-hybridized carbons (Fsp3) is 0.333. The first-order valence-electron chi connectivity index (χ1n) is 10.9. The van der Waals surface area contributed by atoms with E-state index in [1.165, 1.54) is 21.6 Å². The molecule has 178 valence electrons. The Morgan fingerprint density at radius 1 is 1.18 bits per heavy atom. The summed E-state index contributed by atoms with van der Waals surface area (Å²) in [5, 5.41) is 5.55. The maximum absolute atomic E-state index is 14.0. The minimum absolute atomic E-state index is 0.185. The summed E-state index contributed by atoms with van der Waals surface area (Å²) in [6, 6.07) is 12.9. The van der Waals surface area contributed by atoms with E-state index in [4.69, 9.17) is 11.6 Å². The Hall–Kier alpha value is -3.04. The highest BCUT2D eigenvalue weighted by molar-refractivity contribution is 7.99. The largest absolute Gasteiger partial charge is 0.347 e. The highest BCUT2D eigenvalue weighted by Crippen LogP contribution is 2.46. The molecule has 34 heavy (non-hydrogen) atoms. The predicted molar refractivity (Wildman–Crippen MR) is 131 cm³/mol. The van der Waals surface area contributed by atoms with E-state index in [-0.39, 0.29) is 24.8 Å². The van der Waals surface area contributed by atoms with Gasteiger partial charge in [0.25, 0.3) is 5.91 Å². The lowest BCUT2D eigenvalue weighted by Gasteiger charge is -2.29.